The number of anilines is 3. The van der Waals surface area contributed by atoms with Gasteiger partial charge in [0.1, 0.15) is 11.8 Å². The summed E-state index contributed by atoms with van der Waals surface area (Å²) in [5.74, 6) is 1.20. The zero-order valence-electron chi connectivity index (χ0n) is 29.9. The summed E-state index contributed by atoms with van der Waals surface area (Å²) >= 11 is 0. The highest BCUT2D eigenvalue weighted by atomic mass is 16.5. The number of amides is 4. The lowest BCUT2D eigenvalue weighted by Gasteiger charge is -2.46. The molecular weight excluding hydrogens is 690 g/mol. The first-order chi connectivity index (χ1) is 26.3. The molecule has 0 spiro atoms. The Kier molecular flexibility index (Phi) is 8.07. The van der Waals surface area contributed by atoms with Gasteiger partial charge in [0.05, 0.1) is 41.3 Å². The first kappa shape index (κ1) is 33.4. The van der Waals surface area contributed by atoms with Crippen LogP contribution in [0.5, 0.6) is 5.75 Å². The lowest BCUT2D eigenvalue weighted by atomic mass is 10.0. The minimum Gasteiger partial charge on any atom is -0.507 e. The molecular formula is C39H43N9O6. The number of hydrogen-bond donors (Lipinski definition) is 3. The molecule has 0 bridgehead atoms. The predicted octanol–water partition coefficient (Wildman–Crippen LogP) is 1.25. The van der Waals surface area contributed by atoms with Crippen LogP contribution < -0.4 is 20.4 Å². The molecule has 1 aromatic heterocycles. The van der Waals surface area contributed by atoms with Crippen molar-refractivity contribution >= 4 is 40.8 Å². The highest BCUT2D eigenvalue weighted by Crippen LogP contribution is 2.52. The van der Waals surface area contributed by atoms with E-state index >= 15 is 0 Å². The summed E-state index contributed by atoms with van der Waals surface area (Å²) in [6.07, 6.45) is 0.265. The van der Waals surface area contributed by atoms with Crippen LogP contribution in [0.3, 0.4) is 0 Å². The van der Waals surface area contributed by atoms with E-state index in [1.165, 1.54) is 0 Å². The largest absolute Gasteiger partial charge is 0.507 e. The van der Waals surface area contributed by atoms with Crippen molar-refractivity contribution in [2.75, 3.05) is 87.2 Å². The summed E-state index contributed by atoms with van der Waals surface area (Å²) in [6.45, 7) is 9.90. The van der Waals surface area contributed by atoms with Crippen LogP contribution in [0, 0.1) is 17.8 Å². The van der Waals surface area contributed by atoms with Crippen LogP contribution in [-0.4, -0.2) is 144 Å². The molecule has 4 saturated heterocycles. The molecule has 6 aliphatic heterocycles. The number of aromatic nitrogens is 2. The van der Waals surface area contributed by atoms with Crippen molar-refractivity contribution in [2.24, 2.45) is 17.8 Å². The minimum atomic E-state index is -0.974. The van der Waals surface area contributed by atoms with E-state index in [0.717, 1.165) is 92.2 Å². The molecule has 7 heterocycles. The van der Waals surface area contributed by atoms with E-state index in [2.05, 4.69) is 46.5 Å². The average Bonchev–Trinajstić information content (AvgIpc) is 3.49. The predicted molar refractivity (Wildman–Crippen MR) is 197 cm³/mol. The first-order valence-electron chi connectivity index (χ1n) is 19.1. The van der Waals surface area contributed by atoms with E-state index in [9.17, 15) is 24.3 Å². The van der Waals surface area contributed by atoms with Crippen molar-refractivity contribution in [2.45, 2.75) is 31.0 Å². The lowest BCUT2D eigenvalue weighted by Crippen LogP contribution is -2.58. The Bertz CT molecular complexity index is 2050. The van der Waals surface area contributed by atoms with Crippen LogP contribution >= 0.6 is 0 Å². The van der Waals surface area contributed by atoms with Crippen molar-refractivity contribution in [3.8, 4) is 17.0 Å². The number of piperazine rings is 1. The van der Waals surface area contributed by atoms with Gasteiger partial charge in [-0.3, -0.25) is 34.3 Å². The maximum absolute atomic E-state index is 13.4. The number of piperidine rings is 2. The number of rotatable bonds is 7. The van der Waals surface area contributed by atoms with Gasteiger partial charge < -0.3 is 29.9 Å². The molecule has 1 saturated carbocycles. The van der Waals surface area contributed by atoms with Gasteiger partial charge in [0.25, 0.3) is 11.8 Å². The third-order valence-corrected chi connectivity index (χ3v) is 12.6. The molecule has 7 aliphatic rings. The van der Waals surface area contributed by atoms with Crippen LogP contribution in [0.15, 0.2) is 48.5 Å². The molecule has 3 aromatic rings. The number of aromatic hydroxyl groups is 1. The average molecular weight is 734 g/mol. The summed E-state index contributed by atoms with van der Waals surface area (Å²) in [5, 5.41) is 25.0. The summed E-state index contributed by atoms with van der Waals surface area (Å²) in [6, 6.07) is 14.0. The van der Waals surface area contributed by atoms with Crippen LogP contribution in [0.1, 0.15) is 33.6 Å². The zero-order valence-corrected chi connectivity index (χ0v) is 29.9. The standard InChI is InChI=1S/C39H43N9O6/c49-34-4-2-1-3-26(34)31-14-33-36(43-42-31)40-15-23-16-44(9-10-47(23)33)19-28-29-20-45(21-30(28)29)17-24-18-46(11-12-54-24)22-5-6-25-27(13-22)39(53)48(38(25)52)32-7-8-35(50)41-37(32)51/h1-6,13-14,23-24,28-30,32,49H,7-12,15-21H2,(H,40,43)(H,41,50,51)/t23-,24-,28?,29-,30+,32?/m0/s1. The first-order valence-corrected chi connectivity index (χ1v) is 19.1. The number of carbonyl (C=O) groups is 4. The summed E-state index contributed by atoms with van der Waals surface area (Å²) in [4.78, 5) is 61.6. The highest BCUT2D eigenvalue weighted by molar-refractivity contribution is 6.23. The summed E-state index contributed by atoms with van der Waals surface area (Å²) in [7, 11) is 0. The second-order valence-electron chi connectivity index (χ2n) is 15.8. The third-order valence-electron chi connectivity index (χ3n) is 12.6. The number of phenolic OH excluding ortho intramolecular Hbond substituents is 1. The molecule has 0 radical (unpaired) electrons. The number of likely N-dealkylation sites (tertiary alicyclic amines) is 1. The molecule has 5 fully saturated rings. The number of morpholine rings is 1. The number of nitrogens with one attached hydrogen (secondary N) is 2. The number of carbonyl (C=O) groups excluding carboxylic acids is 4. The molecule has 54 heavy (non-hydrogen) atoms. The smallest absolute Gasteiger partial charge is 0.262 e. The number of benzene rings is 2. The van der Waals surface area contributed by atoms with Crippen molar-refractivity contribution in [1.29, 1.82) is 0 Å². The SMILES string of the molecule is O=C1CCC(N2C(=O)c3ccc(N4CCO[C@@H](CN5C[C@@H]6C(CN7CCN8c9cc(-c%10ccccc%10O)nnc9NC[C@H]8C7)[C@@H]6C5)C4)cc3C2=O)C(=O)N1. The van der Waals surface area contributed by atoms with Gasteiger partial charge in [-0.15, -0.1) is 10.2 Å². The number of hydrogen-bond acceptors (Lipinski definition) is 13. The third kappa shape index (κ3) is 5.76. The molecule has 3 N–H and O–H groups in total. The van der Waals surface area contributed by atoms with Gasteiger partial charge in [-0.25, -0.2) is 0 Å². The molecule has 2 unspecified atom stereocenters. The Hall–Kier alpha value is -5.12. The van der Waals surface area contributed by atoms with E-state index < -0.39 is 23.8 Å². The van der Waals surface area contributed by atoms with Gasteiger partial charge in [0, 0.05) is 83.1 Å². The number of para-hydroxylation sites is 1. The Balaban J connectivity index is 0.716. The van der Waals surface area contributed by atoms with E-state index in [0.29, 0.717) is 48.1 Å². The Morgan fingerprint density at radius 1 is 0.833 bits per heavy atom. The van der Waals surface area contributed by atoms with Crippen LogP contribution in [-0.2, 0) is 14.3 Å². The Morgan fingerprint density at radius 2 is 1.67 bits per heavy atom. The quantitative estimate of drug-likeness (QED) is 0.298. The lowest BCUT2D eigenvalue weighted by molar-refractivity contribution is -0.136. The minimum absolute atomic E-state index is 0.0334. The Labute approximate surface area is 312 Å². The molecule has 280 valence electrons. The molecule has 15 nitrogen and oxygen atoms in total. The van der Waals surface area contributed by atoms with Gasteiger partial charge >= 0.3 is 0 Å². The second-order valence-corrected chi connectivity index (χ2v) is 15.8. The van der Waals surface area contributed by atoms with E-state index in [1.54, 1.807) is 18.2 Å². The van der Waals surface area contributed by atoms with E-state index in [1.807, 2.05) is 24.3 Å². The molecule has 4 amide bonds. The molecule has 1 aliphatic carbocycles. The number of nitrogens with zero attached hydrogens (tertiary/aromatic N) is 7. The van der Waals surface area contributed by atoms with Crippen LogP contribution in [0.2, 0.25) is 0 Å². The van der Waals surface area contributed by atoms with Gasteiger partial charge in [0.2, 0.25) is 11.8 Å². The second kappa shape index (κ2) is 13.0. The van der Waals surface area contributed by atoms with E-state index in [4.69, 9.17) is 4.74 Å². The van der Waals surface area contributed by atoms with Crippen LogP contribution in [0.4, 0.5) is 17.2 Å². The fourth-order valence-corrected chi connectivity index (χ4v) is 9.80. The Morgan fingerprint density at radius 3 is 2.50 bits per heavy atom. The maximum Gasteiger partial charge on any atom is 0.262 e. The van der Waals surface area contributed by atoms with Crippen molar-refractivity contribution in [1.82, 2.24) is 30.2 Å². The van der Waals surface area contributed by atoms with Gasteiger partial charge in [0.15, 0.2) is 5.82 Å². The topological polar surface area (TPSA) is 164 Å². The van der Waals surface area contributed by atoms with Crippen LogP contribution in [0.25, 0.3) is 11.3 Å². The fraction of sp³-hybridized carbons (Fsp3) is 0.487. The van der Waals surface area contributed by atoms with Crippen molar-refractivity contribution in [3.63, 3.8) is 0 Å². The zero-order chi connectivity index (χ0) is 36.7. The van der Waals surface area contributed by atoms with Crippen molar-refractivity contribution in [3.05, 3.63) is 59.7 Å². The van der Waals surface area contributed by atoms with Gasteiger partial charge in [-0.05, 0) is 60.6 Å². The highest BCUT2D eigenvalue weighted by Gasteiger charge is 2.56. The summed E-state index contributed by atoms with van der Waals surface area (Å²) < 4.78 is 6.23. The summed E-state index contributed by atoms with van der Waals surface area (Å²) in [5.41, 5.74) is 3.87. The van der Waals surface area contributed by atoms with Crippen molar-refractivity contribution < 1.29 is 29.0 Å². The number of phenols is 1. The fourth-order valence-electron chi connectivity index (χ4n) is 9.80. The molecule has 2 aromatic carbocycles. The van der Waals surface area contributed by atoms with Gasteiger partial charge in [-0.1, -0.05) is 12.1 Å². The molecule has 10 rings (SSSR count). The normalized spacial score (nSPS) is 29.4. The number of imide groups is 2. The monoisotopic (exact) mass is 733 g/mol. The number of ether oxygens (including phenoxy) is 1. The molecule has 6 atom stereocenters. The van der Waals surface area contributed by atoms with E-state index in [-0.39, 0.29) is 30.6 Å². The number of fused-ring (bicyclic) bond motifs is 5. The maximum atomic E-state index is 13.4. The van der Waals surface area contributed by atoms with Gasteiger partial charge in [-0.2, -0.15) is 0 Å². The molecule has 15 heteroatoms.